The zero-order chi connectivity index (χ0) is 19.0. The minimum Gasteiger partial charge on any atom is -0.504 e. The summed E-state index contributed by atoms with van der Waals surface area (Å²) in [7, 11) is 0. The van der Waals surface area contributed by atoms with Crippen LogP contribution in [0, 0.1) is 0 Å². The SMILES string of the molecule is CCOc1cc(/C=N\n2cnc3c([nH]c4ccc(Cl)cc43)c2=O)ccc1O. The van der Waals surface area contributed by atoms with E-state index >= 15 is 0 Å². The third-order valence-electron chi connectivity index (χ3n) is 4.07. The van der Waals surface area contributed by atoms with Crippen molar-refractivity contribution in [3.8, 4) is 11.5 Å². The van der Waals surface area contributed by atoms with Crippen molar-refractivity contribution in [1.29, 1.82) is 0 Å². The largest absolute Gasteiger partial charge is 0.504 e. The summed E-state index contributed by atoms with van der Waals surface area (Å²) in [6.45, 7) is 2.26. The molecule has 2 aromatic heterocycles. The molecule has 0 aliphatic rings. The van der Waals surface area contributed by atoms with E-state index in [0.29, 0.717) is 34.0 Å². The van der Waals surface area contributed by atoms with Crippen LogP contribution < -0.4 is 10.3 Å². The molecular formula is C19H15ClN4O3. The summed E-state index contributed by atoms with van der Waals surface area (Å²) in [4.78, 5) is 20.1. The molecule has 0 aliphatic heterocycles. The van der Waals surface area contributed by atoms with E-state index in [9.17, 15) is 9.90 Å². The Labute approximate surface area is 158 Å². The number of halogens is 1. The molecule has 0 saturated carbocycles. The lowest BCUT2D eigenvalue weighted by atomic mass is 10.2. The van der Waals surface area contributed by atoms with Crippen molar-refractivity contribution in [3.05, 3.63) is 63.7 Å². The molecule has 8 heteroatoms. The second-order valence-electron chi connectivity index (χ2n) is 5.84. The molecule has 0 spiro atoms. The second kappa shape index (κ2) is 6.77. The Hall–Kier alpha value is -3.32. The number of hydrogen-bond donors (Lipinski definition) is 2. The monoisotopic (exact) mass is 382 g/mol. The highest BCUT2D eigenvalue weighted by molar-refractivity contribution is 6.31. The molecule has 27 heavy (non-hydrogen) atoms. The molecule has 4 aromatic rings. The Morgan fingerprint density at radius 2 is 2.19 bits per heavy atom. The highest BCUT2D eigenvalue weighted by Gasteiger charge is 2.11. The van der Waals surface area contributed by atoms with E-state index in [1.54, 1.807) is 30.3 Å². The molecular weight excluding hydrogens is 368 g/mol. The van der Waals surface area contributed by atoms with Gasteiger partial charge in [0.05, 0.1) is 12.8 Å². The molecule has 0 atom stereocenters. The third-order valence-corrected chi connectivity index (χ3v) is 4.30. The highest BCUT2D eigenvalue weighted by Crippen LogP contribution is 2.26. The third kappa shape index (κ3) is 3.13. The maximum absolute atomic E-state index is 12.7. The van der Waals surface area contributed by atoms with Crippen molar-refractivity contribution in [2.75, 3.05) is 6.61 Å². The number of aromatic hydroxyl groups is 1. The predicted molar refractivity (Wildman–Crippen MR) is 105 cm³/mol. The normalized spacial score (nSPS) is 11.6. The first-order valence-corrected chi connectivity index (χ1v) is 8.63. The van der Waals surface area contributed by atoms with Crippen LogP contribution in [0.15, 0.2) is 52.6 Å². The number of nitrogens with zero attached hydrogens (tertiary/aromatic N) is 3. The van der Waals surface area contributed by atoms with E-state index in [4.69, 9.17) is 16.3 Å². The fourth-order valence-corrected chi connectivity index (χ4v) is 2.98. The first-order chi connectivity index (χ1) is 13.1. The number of phenols is 1. The van der Waals surface area contributed by atoms with Crippen molar-refractivity contribution >= 4 is 39.8 Å². The molecule has 7 nitrogen and oxygen atoms in total. The van der Waals surface area contributed by atoms with E-state index < -0.39 is 0 Å². The lowest BCUT2D eigenvalue weighted by molar-refractivity contribution is 0.318. The number of fused-ring (bicyclic) bond motifs is 3. The van der Waals surface area contributed by atoms with Crippen LogP contribution >= 0.6 is 11.6 Å². The van der Waals surface area contributed by atoms with Crippen LogP contribution in [0.3, 0.4) is 0 Å². The lowest BCUT2D eigenvalue weighted by Crippen LogP contribution is -2.17. The minimum absolute atomic E-state index is 0.0472. The van der Waals surface area contributed by atoms with Gasteiger partial charge in [0.15, 0.2) is 11.5 Å². The fourth-order valence-electron chi connectivity index (χ4n) is 2.81. The number of hydrogen-bond acceptors (Lipinski definition) is 5. The smallest absolute Gasteiger partial charge is 0.298 e. The number of rotatable bonds is 4. The second-order valence-corrected chi connectivity index (χ2v) is 6.27. The van der Waals surface area contributed by atoms with Gasteiger partial charge in [0.2, 0.25) is 0 Å². The Morgan fingerprint density at radius 3 is 3.00 bits per heavy atom. The van der Waals surface area contributed by atoms with Gasteiger partial charge in [0.25, 0.3) is 5.56 Å². The molecule has 0 saturated heterocycles. The number of phenolic OH excluding ortho intramolecular Hbond substituents is 1. The summed E-state index contributed by atoms with van der Waals surface area (Å²) in [5, 5.41) is 15.3. The summed E-state index contributed by atoms with van der Waals surface area (Å²) in [5.41, 5.74) is 2.03. The maximum Gasteiger partial charge on any atom is 0.298 e. The number of aromatic nitrogens is 3. The van der Waals surface area contributed by atoms with Crippen molar-refractivity contribution in [2.45, 2.75) is 6.92 Å². The topological polar surface area (TPSA) is 92.5 Å². The first kappa shape index (κ1) is 17.1. The lowest BCUT2D eigenvalue weighted by Gasteiger charge is -2.06. The molecule has 0 radical (unpaired) electrons. The van der Waals surface area contributed by atoms with Gasteiger partial charge >= 0.3 is 0 Å². The summed E-state index contributed by atoms with van der Waals surface area (Å²) in [6, 6.07) is 10.1. The average molecular weight is 383 g/mol. The van der Waals surface area contributed by atoms with Crippen LogP contribution in [0.1, 0.15) is 12.5 Å². The van der Waals surface area contributed by atoms with Gasteiger partial charge in [-0.2, -0.15) is 9.78 Å². The van der Waals surface area contributed by atoms with E-state index in [2.05, 4.69) is 15.1 Å². The van der Waals surface area contributed by atoms with Crippen molar-refractivity contribution < 1.29 is 9.84 Å². The quantitative estimate of drug-likeness (QED) is 0.528. The first-order valence-electron chi connectivity index (χ1n) is 8.25. The van der Waals surface area contributed by atoms with E-state index in [1.165, 1.54) is 18.6 Å². The minimum atomic E-state index is -0.326. The van der Waals surface area contributed by atoms with Crippen LogP contribution in [0.2, 0.25) is 5.02 Å². The van der Waals surface area contributed by atoms with Crippen molar-refractivity contribution in [1.82, 2.24) is 14.6 Å². The highest BCUT2D eigenvalue weighted by atomic mass is 35.5. The van der Waals surface area contributed by atoms with Gasteiger partial charge in [-0.15, -0.1) is 0 Å². The van der Waals surface area contributed by atoms with Gasteiger partial charge in [-0.1, -0.05) is 11.6 Å². The van der Waals surface area contributed by atoms with Gasteiger partial charge in [0.1, 0.15) is 17.4 Å². The Balaban J connectivity index is 1.75. The van der Waals surface area contributed by atoms with E-state index in [0.717, 1.165) is 15.6 Å². The van der Waals surface area contributed by atoms with Crippen molar-refractivity contribution in [3.63, 3.8) is 0 Å². The van der Waals surface area contributed by atoms with Gasteiger partial charge in [-0.25, -0.2) is 4.98 Å². The number of ether oxygens (including phenoxy) is 1. The molecule has 0 bridgehead atoms. The predicted octanol–water partition coefficient (Wildman–Crippen LogP) is 3.52. The summed E-state index contributed by atoms with van der Waals surface area (Å²) in [5.74, 6) is 0.404. The standard InChI is InChI=1S/C19H15ClN4O3/c1-2-27-16-7-11(3-6-15(16)25)9-22-24-10-21-17-13-8-12(20)4-5-14(13)23-18(17)19(24)26/h3-10,23,25H,2H2,1H3/b22-9-. The van der Waals surface area contributed by atoms with Crippen LogP contribution in [0.5, 0.6) is 11.5 Å². The fraction of sp³-hybridized carbons (Fsp3) is 0.105. The molecule has 0 amide bonds. The number of H-pyrrole nitrogens is 1. The summed E-state index contributed by atoms with van der Waals surface area (Å²) in [6.07, 6.45) is 2.86. The number of nitrogens with one attached hydrogen (secondary N) is 1. The molecule has 136 valence electrons. The molecule has 0 fully saturated rings. The van der Waals surface area contributed by atoms with Crippen LogP contribution in [0.25, 0.3) is 21.9 Å². The molecule has 0 unspecified atom stereocenters. The van der Waals surface area contributed by atoms with E-state index in [1.807, 2.05) is 6.92 Å². The van der Waals surface area contributed by atoms with Crippen molar-refractivity contribution in [2.24, 2.45) is 5.10 Å². The maximum atomic E-state index is 12.7. The Morgan fingerprint density at radius 1 is 1.33 bits per heavy atom. The molecule has 2 heterocycles. The Kier molecular flexibility index (Phi) is 4.29. The van der Waals surface area contributed by atoms with Crippen LogP contribution in [-0.2, 0) is 0 Å². The zero-order valence-electron chi connectivity index (χ0n) is 14.3. The van der Waals surface area contributed by atoms with Gasteiger partial charge in [0, 0.05) is 15.9 Å². The Bertz CT molecular complexity index is 1240. The molecule has 0 aliphatic carbocycles. The number of aromatic amines is 1. The summed E-state index contributed by atoms with van der Waals surface area (Å²) < 4.78 is 6.49. The molecule has 2 aromatic carbocycles. The van der Waals surface area contributed by atoms with E-state index in [-0.39, 0.29) is 11.3 Å². The van der Waals surface area contributed by atoms with Gasteiger partial charge in [-0.05, 0) is 48.9 Å². The zero-order valence-corrected chi connectivity index (χ0v) is 15.1. The van der Waals surface area contributed by atoms with Gasteiger partial charge < -0.3 is 14.8 Å². The van der Waals surface area contributed by atoms with Crippen LogP contribution in [0.4, 0.5) is 0 Å². The summed E-state index contributed by atoms with van der Waals surface area (Å²) >= 11 is 6.03. The number of benzene rings is 2. The molecule has 2 N–H and O–H groups in total. The molecule has 4 rings (SSSR count). The average Bonchev–Trinajstić information content (AvgIpc) is 3.02. The van der Waals surface area contributed by atoms with Gasteiger partial charge in [-0.3, -0.25) is 4.79 Å². The van der Waals surface area contributed by atoms with Crippen LogP contribution in [-0.4, -0.2) is 32.6 Å².